The van der Waals surface area contributed by atoms with Crippen molar-refractivity contribution in [1.29, 1.82) is 0 Å². The van der Waals surface area contributed by atoms with Crippen molar-refractivity contribution in [3.8, 4) is 22.6 Å². The maximum absolute atomic E-state index is 12.7. The molecule has 0 aliphatic rings. The quantitative estimate of drug-likeness (QED) is 0.155. The number of carbonyl (C=O) groups excluding carboxylic acids is 2. The summed E-state index contributed by atoms with van der Waals surface area (Å²) in [5.74, 6) is 0.732. The van der Waals surface area contributed by atoms with E-state index in [9.17, 15) is 9.59 Å². The minimum atomic E-state index is -0.246. The van der Waals surface area contributed by atoms with E-state index in [2.05, 4.69) is 42.5 Å². The highest BCUT2D eigenvalue weighted by atomic mass is 79.9. The smallest absolute Gasteiger partial charge is 0.262 e. The van der Waals surface area contributed by atoms with Gasteiger partial charge in [0.2, 0.25) is 0 Å². The molecule has 0 radical (unpaired) electrons. The highest BCUT2D eigenvalue weighted by Gasteiger charge is 2.13. The van der Waals surface area contributed by atoms with Crippen molar-refractivity contribution in [3.05, 3.63) is 129 Å². The van der Waals surface area contributed by atoms with Gasteiger partial charge in [0.05, 0.1) is 8.95 Å². The molecule has 0 atom stereocenters. The Labute approximate surface area is 284 Å². The second kappa shape index (κ2) is 13.8. The van der Waals surface area contributed by atoms with Crippen molar-refractivity contribution >= 4 is 76.6 Å². The molecule has 0 aliphatic heterocycles. The molecule has 0 unspecified atom stereocenters. The minimum Gasteiger partial charge on any atom is -0.483 e. The lowest BCUT2D eigenvalue weighted by atomic mass is 10.00. The maximum atomic E-state index is 12.7. The molecule has 0 aromatic heterocycles. The molecule has 0 aliphatic carbocycles. The van der Waals surface area contributed by atoms with E-state index >= 15 is 0 Å². The van der Waals surface area contributed by atoms with E-state index in [1.54, 1.807) is 0 Å². The lowest BCUT2D eigenvalue weighted by Gasteiger charge is -2.14. The molecule has 46 heavy (non-hydrogen) atoms. The normalized spacial score (nSPS) is 11.0. The summed E-state index contributed by atoms with van der Waals surface area (Å²) in [6.07, 6.45) is 0. The predicted molar refractivity (Wildman–Crippen MR) is 193 cm³/mol. The molecule has 0 fully saturated rings. The predicted octanol–water partition coefficient (Wildman–Crippen LogP) is 9.84. The van der Waals surface area contributed by atoms with Gasteiger partial charge in [-0.3, -0.25) is 9.59 Å². The van der Waals surface area contributed by atoms with Crippen molar-refractivity contribution in [2.45, 2.75) is 13.8 Å². The Kier molecular flexibility index (Phi) is 9.38. The van der Waals surface area contributed by atoms with Crippen LogP contribution in [0.3, 0.4) is 0 Å². The number of carbonyl (C=O) groups is 2. The van der Waals surface area contributed by atoms with E-state index in [-0.39, 0.29) is 25.0 Å². The SMILES string of the molecule is Cc1cc(-c2ccc(NC(=O)COc3ccc4ccccc4c3Br)c(C)c2)ccc1NC(=O)COc1ccc2ccccc2c1Br. The summed E-state index contributed by atoms with van der Waals surface area (Å²) in [6.45, 7) is 3.68. The third-order valence-electron chi connectivity index (χ3n) is 7.71. The Balaban J connectivity index is 1.05. The van der Waals surface area contributed by atoms with Crippen LogP contribution in [-0.2, 0) is 9.59 Å². The number of ether oxygens (including phenoxy) is 2. The molecule has 2 N–H and O–H groups in total. The molecule has 0 spiro atoms. The van der Waals surface area contributed by atoms with E-state index < -0.39 is 0 Å². The third-order valence-corrected chi connectivity index (χ3v) is 9.34. The highest BCUT2D eigenvalue weighted by molar-refractivity contribution is 9.11. The highest BCUT2D eigenvalue weighted by Crippen LogP contribution is 2.34. The van der Waals surface area contributed by atoms with E-state index in [0.29, 0.717) is 22.9 Å². The van der Waals surface area contributed by atoms with Gasteiger partial charge in [0, 0.05) is 11.4 Å². The first kappa shape index (κ1) is 31.3. The Morgan fingerprint density at radius 1 is 0.565 bits per heavy atom. The fourth-order valence-electron chi connectivity index (χ4n) is 5.28. The van der Waals surface area contributed by atoms with Crippen LogP contribution in [0.4, 0.5) is 11.4 Å². The second-order valence-electron chi connectivity index (χ2n) is 10.9. The van der Waals surface area contributed by atoms with Crippen molar-refractivity contribution in [1.82, 2.24) is 0 Å². The van der Waals surface area contributed by atoms with Gasteiger partial charge in [0.15, 0.2) is 13.2 Å². The maximum Gasteiger partial charge on any atom is 0.262 e. The number of benzene rings is 6. The third kappa shape index (κ3) is 6.93. The molecule has 230 valence electrons. The lowest BCUT2D eigenvalue weighted by Crippen LogP contribution is -2.21. The van der Waals surface area contributed by atoms with Gasteiger partial charge in [0.1, 0.15) is 11.5 Å². The minimum absolute atomic E-state index is 0.116. The van der Waals surface area contributed by atoms with Crippen LogP contribution in [0.15, 0.2) is 118 Å². The number of aryl methyl sites for hydroxylation is 2. The molecule has 6 nitrogen and oxygen atoms in total. The second-order valence-corrected chi connectivity index (χ2v) is 12.5. The van der Waals surface area contributed by atoms with Crippen LogP contribution in [0.1, 0.15) is 11.1 Å². The molecule has 2 amide bonds. The summed E-state index contributed by atoms with van der Waals surface area (Å²) < 4.78 is 13.3. The molecular formula is C38H30Br2N2O4. The summed E-state index contributed by atoms with van der Waals surface area (Å²) in [7, 11) is 0. The average molecular weight is 738 g/mol. The molecule has 8 heteroatoms. The summed E-state index contributed by atoms with van der Waals surface area (Å²) >= 11 is 7.20. The largest absolute Gasteiger partial charge is 0.483 e. The molecule has 0 saturated carbocycles. The van der Waals surface area contributed by atoms with Crippen molar-refractivity contribution in [3.63, 3.8) is 0 Å². The van der Waals surface area contributed by atoms with Gasteiger partial charge >= 0.3 is 0 Å². The van der Waals surface area contributed by atoms with Crippen LogP contribution >= 0.6 is 31.9 Å². The molecule has 6 aromatic rings. The van der Waals surface area contributed by atoms with Crippen LogP contribution in [-0.4, -0.2) is 25.0 Å². The van der Waals surface area contributed by atoms with Gasteiger partial charge in [-0.25, -0.2) is 0 Å². The van der Waals surface area contributed by atoms with E-state index in [0.717, 1.165) is 52.7 Å². The number of hydrogen-bond acceptors (Lipinski definition) is 4. The molecule has 0 heterocycles. The van der Waals surface area contributed by atoms with E-state index in [1.807, 2.05) is 123 Å². The summed E-state index contributed by atoms with van der Waals surface area (Å²) in [5, 5.41) is 10.1. The summed E-state index contributed by atoms with van der Waals surface area (Å²) in [4.78, 5) is 25.5. The number of amides is 2. The zero-order valence-electron chi connectivity index (χ0n) is 25.2. The zero-order valence-corrected chi connectivity index (χ0v) is 28.4. The van der Waals surface area contributed by atoms with Crippen molar-refractivity contribution in [2.24, 2.45) is 0 Å². The van der Waals surface area contributed by atoms with E-state index in [1.165, 1.54) is 0 Å². The van der Waals surface area contributed by atoms with Gasteiger partial charge in [0.25, 0.3) is 11.8 Å². The number of hydrogen-bond donors (Lipinski definition) is 2. The first-order chi connectivity index (χ1) is 22.3. The lowest BCUT2D eigenvalue weighted by molar-refractivity contribution is -0.118. The number of anilines is 2. The topological polar surface area (TPSA) is 76.7 Å². The van der Waals surface area contributed by atoms with Crippen LogP contribution < -0.4 is 20.1 Å². The molecule has 6 aromatic carbocycles. The van der Waals surface area contributed by atoms with Gasteiger partial charge in [-0.15, -0.1) is 0 Å². The van der Waals surface area contributed by atoms with Gasteiger partial charge in [-0.1, -0.05) is 72.8 Å². The van der Waals surface area contributed by atoms with E-state index in [4.69, 9.17) is 9.47 Å². The van der Waals surface area contributed by atoms with Crippen LogP contribution in [0.25, 0.3) is 32.7 Å². The van der Waals surface area contributed by atoms with Crippen LogP contribution in [0.2, 0.25) is 0 Å². The van der Waals surface area contributed by atoms with Crippen LogP contribution in [0, 0.1) is 13.8 Å². The number of nitrogens with one attached hydrogen (secondary N) is 2. The molecule has 0 bridgehead atoms. The fraction of sp³-hybridized carbons (Fsp3) is 0.105. The van der Waals surface area contributed by atoms with Gasteiger partial charge in [-0.2, -0.15) is 0 Å². The number of rotatable bonds is 9. The summed E-state index contributed by atoms with van der Waals surface area (Å²) in [6, 6.07) is 35.4. The molecule has 6 rings (SSSR count). The van der Waals surface area contributed by atoms with Gasteiger partial charge < -0.3 is 20.1 Å². The first-order valence-electron chi connectivity index (χ1n) is 14.7. The Morgan fingerprint density at radius 2 is 0.978 bits per heavy atom. The zero-order chi connectivity index (χ0) is 32.2. The van der Waals surface area contributed by atoms with Crippen molar-refractivity contribution < 1.29 is 19.1 Å². The van der Waals surface area contributed by atoms with Gasteiger partial charge in [-0.05, 0) is 126 Å². The standard InChI is InChI=1S/C38H30Br2N2O4/c1-23-19-27(11-15-31(23)41-35(43)21-45-33-17-13-25-7-3-5-9-29(25)37(33)39)28-12-16-32(24(2)20-28)42-36(44)22-46-34-18-14-26-8-4-6-10-30(26)38(34)40/h3-20H,21-22H2,1-2H3,(H,41,43)(H,42,44). The monoisotopic (exact) mass is 736 g/mol. The first-order valence-corrected chi connectivity index (χ1v) is 16.3. The fourth-order valence-corrected chi connectivity index (χ4v) is 6.49. The average Bonchev–Trinajstić information content (AvgIpc) is 3.06. The number of fused-ring (bicyclic) bond motifs is 2. The molecular weight excluding hydrogens is 708 g/mol. The Bertz CT molecular complexity index is 1960. The summed E-state index contributed by atoms with van der Waals surface area (Å²) in [5.41, 5.74) is 5.27. The number of halogens is 2. The van der Waals surface area contributed by atoms with Crippen molar-refractivity contribution in [2.75, 3.05) is 23.8 Å². The Hall–Kier alpha value is -4.66. The van der Waals surface area contributed by atoms with Crippen LogP contribution in [0.5, 0.6) is 11.5 Å². The Morgan fingerprint density at radius 3 is 1.39 bits per heavy atom. The molecule has 0 saturated heterocycles.